The summed E-state index contributed by atoms with van der Waals surface area (Å²) in [7, 11) is 1.44. The van der Waals surface area contributed by atoms with Crippen LogP contribution in [0.3, 0.4) is 0 Å². The molecule has 0 bridgehead atoms. The minimum Gasteiger partial charge on any atom is -0.493 e. The molecule has 0 aliphatic carbocycles. The van der Waals surface area contributed by atoms with E-state index in [0.717, 1.165) is 24.0 Å². The zero-order valence-electron chi connectivity index (χ0n) is 18.9. The Labute approximate surface area is 188 Å². The van der Waals surface area contributed by atoms with Crippen LogP contribution in [0.4, 0.5) is 0 Å². The molecular formula is C25H28N2O5. The first-order valence-electron chi connectivity index (χ1n) is 10.4. The number of methoxy groups -OCH3 is 1. The Morgan fingerprint density at radius 2 is 1.88 bits per heavy atom. The van der Waals surface area contributed by atoms with Gasteiger partial charge in [0.2, 0.25) is 0 Å². The van der Waals surface area contributed by atoms with Crippen molar-refractivity contribution in [1.29, 1.82) is 5.26 Å². The van der Waals surface area contributed by atoms with Gasteiger partial charge in [-0.05, 0) is 67.3 Å². The van der Waals surface area contributed by atoms with E-state index in [2.05, 4.69) is 5.32 Å². The summed E-state index contributed by atoms with van der Waals surface area (Å²) in [6.45, 7) is 6.23. The maximum Gasteiger partial charge on any atom is 0.349 e. The summed E-state index contributed by atoms with van der Waals surface area (Å²) in [5, 5.41) is 12.0. The van der Waals surface area contributed by atoms with Gasteiger partial charge in [-0.25, -0.2) is 4.79 Å². The van der Waals surface area contributed by atoms with Gasteiger partial charge in [0.05, 0.1) is 7.11 Å². The predicted molar refractivity (Wildman–Crippen MR) is 122 cm³/mol. The molecule has 0 saturated heterocycles. The summed E-state index contributed by atoms with van der Waals surface area (Å²) < 4.78 is 16.2. The van der Waals surface area contributed by atoms with Gasteiger partial charge < -0.3 is 19.5 Å². The lowest BCUT2D eigenvalue weighted by Gasteiger charge is -2.11. The van der Waals surface area contributed by atoms with E-state index in [4.69, 9.17) is 14.2 Å². The van der Waals surface area contributed by atoms with E-state index in [1.165, 1.54) is 13.2 Å². The lowest BCUT2D eigenvalue weighted by Crippen LogP contribution is -2.25. The molecule has 0 unspecified atom stereocenters. The number of hydrogen-bond acceptors (Lipinski definition) is 6. The van der Waals surface area contributed by atoms with Gasteiger partial charge in [-0.3, -0.25) is 4.79 Å². The summed E-state index contributed by atoms with van der Waals surface area (Å²) in [4.78, 5) is 24.4. The number of nitriles is 1. The maximum absolute atomic E-state index is 12.2. The Balaban J connectivity index is 2.05. The number of nitrogens with zero attached hydrogens (tertiary/aromatic N) is 1. The van der Waals surface area contributed by atoms with E-state index in [-0.39, 0.29) is 17.9 Å². The second-order valence-corrected chi connectivity index (χ2v) is 7.20. The molecule has 0 atom stereocenters. The number of carbonyl (C=O) groups is 2. The molecule has 168 valence electrons. The topological polar surface area (TPSA) is 97.7 Å². The number of unbranched alkanes of at least 4 members (excludes halogenated alkanes) is 1. The molecule has 32 heavy (non-hydrogen) atoms. The van der Waals surface area contributed by atoms with E-state index in [1.807, 2.05) is 39.0 Å². The lowest BCUT2D eigenvalue weighted by atomic mass is 10.1. The van der Waals surface area contributed by atoms with Crippen LogP contribution >= 0.6 is 0 Å². The Morgan fingerprint density at radius 3 is 2.53 bits per heavy atom. The quantitative estimate of drug-likeness (QED) is 0.198. The molecule has 7 heteroatoms. The average molecular weight is 437 g/mol. The van der Waals surface area contributed by atoms with Crippen LogP contribution in [0, 0.1) is 25.2 Å². The van der Waals surface area contributed by atoms with Crippen LogP contribution in [0.2, 0.25) is 0 Å². The summed E-state index contributed by atoms with van der Waals surface area (Å²) in [6, 6.07) is 12.2. The third kappa shape index (κ3) is 7.17. The first kappa shape index (κ1) is 24.5. The van der Waals surface area contributed by atoms with E-state index in [0.29, 0.717) is 23.6 Å². The van der Waals surface area contributed by atoms with Crippen LogP contribution in [0.1, 0.15) is 36.5 Å². The predicted octanol–water partition coefficient (Wildman–Crippen LogP) is 4.12. The molecule has 7 nitrogen and oxygen atoms in total. The Hall–Kier alpha value is -3.79. The fraction of sp³-hybridized carbons (Fsp3) is 0.320. The summed E-state index contributed by atoms with van der Waals surface area (Å²) >= 11 is 0. The van der Waals surface area contributed by atoms with Gasteiger partial charge in [0.25, 0.3) is 5.91 Å². The van der Waals surface area contributed by atoms with Gasteiger partial charge in [-0.1, -0.05) is 25.5 Å². The Bertz CT molecular complexity index is 1040. The zero-order valence-corrected chi connectivity index (χ0v) is 18.9. The first-order valence-corrected chi connectivity index (χ1v) is 10.4. The van der Waals surface area contributed by atoms with Gasteiger partial charge in [0.1, 0.15) is 17.4 Å². The molecular weight excluding hydrogens is 408 g/mol. The fourth-order valence-electron chi connectivity index (χ4n) is 2.75. The molecule has 1 amide bonds. The SMILES string of the molecule is CCCCNC(=O)/C(C#N)=C/c1ccc(OC(=O)COc2ccc(C)c(C)c2)c(OC)c1. The zero-order chi connectivity index (χ0) is 23.5. The molecule has 0 fully saturated rings. The van der Waals surface area contributed by atoms with E-state index < -0.39 is 11.9 Å². The minimum atomic E-state index is -0.585. The molecule has 1 N–H and O–H groups in total. The van der Waals surface area contributed by atoms with Gasteiger partial charge >= 0.3 is 5.97 Å². The number of benzene rings is 2. The standard InChI is InChI=1S/C25H28N2O5/c1-5-6-11-27-25(29)20(15-26)13-19-8-10-22(23(14-19)30-4)32-24(28)16-31-21-9-7-17(2)18(3)12-21/h7-10,12-14H,5-6,11,16H2,1-4H3,(H,27,29)/b20-13+. The molecule has 0 saturated carbocycles. The monoisotopic (exact) mass is 436 g/mol. The van der Waals surface area contributed by atoms with Crippen molar-refractivity contribution in [2.45, 2.75) is 33.6 Å². The van der Waals surface area contributed by atoms with E-state index >= 15 is 0 Å². The number of ether oxygens (including phenoxy) is 3. The summed E-state index contributed by atoms with van der Waals surface area (Å²) in [5.41, 5.74) is 2.75. The van der Waals surface area contributed by atoms with Crippen molar-refractivity contribution in [2.75, 3.05) is 20.3 Å². The summed E-state index contributed by atoms with van der Waals surface area (Å²) in [5.74, 6) is 0.0710. The van der Waals surface area contributed by atoms with Gasteiger partial charge in [-0.15, -0.1) is 0 Å². The second kappa shape index (κ2) is 12.2. The van der Waals surface area contributed by atoms with Crippen LogP contribution in [0.15, 0.2) is 42.0 Å². The molecule has 0 aliphatic rings. The van der Waals surface area contributed by atoms with Crippen molar-refractivity contribution in [3.05, 3.63) is 58.7 Å². The largest absolute Gasteiger partial charge is 0.493 e. The first-order chi connectivity index (χ1) is 15.4. The number of rotatable bonds is 10. The van der Waals surface area contributed by atoms with Gasteiger partial charge in [-0.2, -0.15) is 5.26 Å². The van der Waals surface area contributed by atoms with Crippen molar-refractivity contribution < 1.29 is 23.8 Å². The molecule has 0 radical (unpaired) electrons. The maximum atomic E-state index is 12.2. The number of amides is 1. The van der Waals surface area contributed by atoms with Crippen molar-refractivity contribution in [3.63, 3.8) is 0 Å². The van der Waals surface area contributed by atoms with Crippen LogP contribution in [0.5, 0.6) is 17.2 Å². The summed E-state index contributed by atoms with van der Waals surface area (Å²) in [6.07, 6.45) is 3.24. The number of carbonyl (C=O) groups excluding carboxylic acids is 2. The number of aryl methyl sites for hydroxylation is 2. The van der Waals surface area contributed by atoms with Crippen LogP contribution < -0.4 is 19.5 Å². The number of hydrogen-bond donors (Lipinski definition) is 1. The van der Waals surface area contributed by atoms with Crippen LogP contribution in [0.25, 0.3) is 6.08 Å². The highest BCUT2D eigenvalue weighted by Gasteiger charge is 2.13. The highest BCUT2D eigenvalue weighted by atomic mass is 16.6. The number of esters is 1. The Morgan fingerprint density at radius 1 is 1.09 bits per heavy atom. The van der Waals surface area contributed by atoms with Crippen molar-refractivity contribution in [3.8, 4) is 23.3 Å². The van der Waals surface area contributed by atoms with Crippen molar-refractivity contribution in [2.24, 2.45) is 0 Å². The third-order valence-electron chi connectivity index (χ3n) is 4.74. The van der Waals surface area contributed by atoms with Crippen molar-refractivity contribution in [1.82, 2.24) is 5.32 Å². The molecule has 2 aromatic carbocycles. The highest BCUT2D eigenvalue weighted by molar-refractivity contribution is 6.01. The van der Waals surface area contributed by atoms with Crippen LogP contribution in [-0.2, 0) is 9.59 Å². The lowest BCUT2D eigenvalue weighted by molar-refractivity contribution is -0.136. The number of nitrogens with one attached hydrogen (secondary N) is 1. The fourth-order valence-corrected chi connectivity index (χ4v) is 2.75. The molecule has 0 heterocycles. The van der Waals surface area contributed by atoms with Crippen LogP contribution in [-0.4, -0.2) is 32.1 Å². The second-order valence-electron chi connectivity index (χ2n) is 7.20. The van der Waals surface area contributed by atoms with E-state index in [1.54, 1.807) is 24.3 Å². The minimum absolute atomic E-state index is 0.0188. The van der Waals surface area contributed by atoms with Crippen molar-refractivity contribution >= 4 is 18.0 Å². The molecule has 2 rings (SSSR count). The average Bonchev–Trinajstić information content (AvgIpc) is 2.79. The van der Waals surface area contributed by atoms with Gasteiger partial charge in [0, 0.05) is 6.54 Å². The molecule has 0 aromatic heterocycles. The third-order valence-corrected chi connectivity index (χ3v) is 4.74. The Kier molecular flexibility index (Phi) is 9.30. The molecule has 0 spiro atoms. The van der Waals surface area contributed by atoms with E-state index in [9.17, 15) is 14.9 Å². The molecule has 0 aliphatic heterocycles. The normalized spacial score (nSPS) is 10.8. The molecule has 2 aromatic rings. The smallest absolute Gasteiger partial charge is 0.349 e. The highest BCUT2D eigenvalue weighted by Crippen LogP contribution is 2.29. The van der Waals surface area contributed by atoms with Gasteiger partial charge in [0.15, 0.2) is 18.1 Å².